The Morgan fingerprint density at radius 3 is 1.83 bits per heavy atom. The minimum Gasteiger partial charge on any atom is -0.317 e. The van der Waals surface area contributed by atoms with E-state index < -0.39 is 0 Å². The number of benzene rings is 1. The highest BCUT2D eigenvalue weighted by molar-refractivity contribution is 5.23. The normalized spacial score (nSPS) is 11.6. The van der Waals surface area contributed by atoms with Crippen LogP contribution in [0.1, 0.15) is 64.0 Å². The Labute approximate surface area is 114 Å². The number of hydrogen-bond donors (Lipinski definition) is 1. The molecule has 18 heavy (non-hydrogen) atoms. The third-order valence-corrected chi connectivity index (χ3v) is 3.11. The molecule has 1 nitrogen and oxygen atoms in total. The van der Waals surface area contributed by atoms with Gasteiger partial charge in [-0.05, 0) is 50.8 Å². The summed E-state index contributed by atoms with van der Waals surface area (Å²) in [6.07, 6.45) is 3.73. The van der Waals surface area contributed by atoms with Crippen LogP contribution in [0.15, 0.2) is 24.3 Å². The van der Waals surface area contributed by atoms with E-state index >= 15 is 0 Å². The molecule has 0 saturated carbocycles. The largest absolute Gasteiger partial charge is 0.317 e. The van der Waals surface area contributed by atoms with Crippen LogP contribution >= 0.6 is 0 Å². The SMILES string of the molecule is CCC(C)c1ccc(C)cc1.CCCNCCC. The summed E-state index contributed by atoms with van der Waals surface area (Å²) in [6, 6.07) is 8.82. The first-order valence-corrected chi connectivity index (χ1v) is 7.42. The Morgan fingerprint density at radius 2 is 1.44 bits per heavy atom. The molecule has 104 valence electrons. The first kappa shape index (κ1) is 17.2. The summed E-state index contributed by atoms with van der Waals surface area (Å²) >= 11 is 0. The molecule has 1 aromatic rings. The van der Waals surface area contributed by atoms with Crippen LogP contribution in [0.5, 0.6) is 0 Å². The molecular weight excluding hydrogens is 218 g/mol. The fourth-order valence-corrected chi connectivity index (χ4v) is 1.61. The maximum atomic E-state index is 3.28. The van der Waals surface area contributed by atoms with Gasteiger partial charge in [-0.25, -0.2) is 0 Å². The standard InChI is InChI=1S/C11H16.C6H15N/c1-4-10(3)11-7-5-9(2)6-8-11;1-3-5-7-6-4-2/h5-8,10H,4H2,1-3H3;7H,3-6H2,1-2H3. The number of rotatable bonds is 6. The third kappa shape index (κ3) is 8.30. The molecular formula is C17H31N. The van der Waals surface area contributed by atoms with Crippen LogP contribution in [-0.2, 0) is 0 Å². The van der Waals surface area contributed by atoms with E-state index in [0.29, 0.717) is 5.92 Å². The van der Waals surface area contributed by atoms with Gasteiger partial charge in [0.2, 0.25) is 0 Å². The highest BCUT2D eigenvalue weighted by Crippen LogP contribution is 2.18. The summed E-state index contributed by atoms with van der Waals surface area (Å²) in [5.74, 6) is 0.704. The molecule has 1 rings (SSSR count). The maximum Gasteiger partial charge on any atom is -0.00516 e. The smallest absolute Gasteiger partial charge is 0.00516 e. The lowest BCUT2D eigenvalue weighted by molar-refractivity contribution is 0.662. The fourth-order valence-electron chi connectivity index (χ4n) is 1.61. The second-order valence-electron chi connectivity index (χ2n) is 4.97. The molecule has 0 radical (unpaired) electrons. The average molecular weight is 249 g/mol. The lowest BCUT2D eigenvalue weighted by atomic mass is 9.98. The van der Waals surface area contributed by atoms with Gasteiger partial charge >= 0.3 is 0 Å². The summed E-state index contributed by atoms with van der Waals surface area (Å²) < 4.78 is 0. The van der Waals surface area contributed by atoms with Gasteiger partial charge in [0.15, 0.2) is 0 Å². The Bertz CT molecular complexity index is 272. The zero-order valence-electron chi connectivity index (χ0n) is 12.9. The van der Waals surface area contributed by atoms with Crippen molar-refractivity contribution >= 4 is 0 Å². The molecule has 0 aliphatic carbocycles. The highest BCUT2D eigenvalue weighted by atomic mass is 14.8. The van der Waals surface area contributed by atoms with E-state index in [1.54, 1.807) is 0 Å². The van der Waals surface area contributed by atoms with Crippen LogP contribution in [0.4, 0.5) is 0 Å². The number of nitrogens with one attached hydrogen (secondary N) is 1. The lowest BCUT2D eigenvalue weighted by Crippen LogP contribution is -2.14. The molecule has 0 saturated heterocycles. The van der Waals surface area contributed by atoms with Crippen LogP contribution in [0.25, 0.3) is 0 Å². The topological polar surface area (TPSA) is 12.0 Å². The van der Waals surface area contributed by atoms with Gasteiger partial charge in [0, 0.05) is 0 Å². The van der Waals surface area contributed by atoms with Crippen molar-refractivity contribution in [3.63, 3.8) is 0 Å². The molecule has 1 aromatic carbocycles. The molecule has 1 unspecified atom stereocenters. The Morgan fingerprint density at radius 1 is 0.944 bits per heavy atom. The molecule has 0 bridgehead atoms. The van der Waals surface area contributed by atoms with Crippen LogP contribution in [0.3, 0.4) is 0 Å². The Balaban J connectivity index is 0.000000360. The second kappa shape index (κ2) is 11.3. The van der Waals surface area contributed by atoms with E-state index in [4.69, 9.17) is 0 Å². The molecule has 1 heteroatoms. The van der Waals surface area contributed by atoms with Crippen LogP contribution < -0.4 is 5.32 Å². The Kier molecular flexibility index (Phi) is 10.8. The van der Waals surface area contributed by atoms with Crippen LogP contribution in [0.2, 0.25) is 0 Å². The molecule has 0 heterocycles. The molecule has 0 spiro atoms. The minimum atomic E-state index is 0.704. The molecule has 1 atom stereocenters. The summed E-state index contributed by atoms with van der Waals surface area (Å²) in [5.41, 5.74) is 2.80. The molecule has 0 aliphatic rings. The van der Waals surface area contributed by atoms with Crippen molar-refractivity contribution in [3.8, 4) is 0 Å². The number of aryl methyl sites for hydroxylation is 1. The first-order valence-electron chi connectivity index (χ1n) is 7.42. The van der Waals surface area contributed by atoms with Gasteiger partial charge in [-0.2, -0.15) is 0 Å². The van der Waals surface area contributed by atoms with E-state index in [1.807, 2.05) is 0 Å². The van der Waals surface area contributed by atoms with Crippen LogP contribution in [0, 0.1) is 6.92 Å². The first-order chi connectivity index (χ1) is 8.65. The molecule has 0 aliphatic heterocycles. The maximum absolute atomic E-state index is 3.28. The van der Waals surface area contributed by atoms with Gasteiger partial charge < -0.3 is 5.32 Å². The number of hydrogen-bond acceptors (Lipinski definition) is 1. The summed E-state index contributed by atoms with van der Waals surface area (Å²) in [7, 11) is 0. The van der Waals surface area contributed by atoms with Gasteiger partial charge in [-0.1, -0.05) is 57.5 Å². The Hall–Kier alpha value is -0.820. The highest BCUT2D eigenvalue weighted by Gasteiger charge is 2.00. The van der Waals surface area contributed by atoms with Gasteiger partial charge in [-0.15, -0.1) is 0 Å². The predicted molar refractivity (Wildman–Crippen MR) is 83.3 cm³/mol. The van der Waals surface area contributed by atoms with E-state index in [1.165, 1.54) is 43.5 Å². The molecule has 0 amide bonds. The second-order valence-corrected chi connectivity index (χ2v) is 4.97. The summed E-state index contributed by atoms with van der Waals surface area (Å²) in [6.45, 7) is 13.3. The van der Waals surface area contributed by atoms with Crippen LogP contribution in [-0.4, -0.2) is 13.1 Å². The van der Waals surface area contributed by atoms with E-state index in [9.17, 15) is 0 Å². The van der Waals surface area contributed by atoms with Gasteiger partial charge in [0.05, 0.1) is 0 Å². The van der Waals surface area contributed by atoms with Gasteiger partial charge in [-0.3, -0.25) is 0 Å². The van der Waals surface area contributed by atoms with Gasteiger partial charge in [0.1, 0.15) is 0 Å². The van der Waals surface area contributed by atoms with Crippen molar-refractivity contribution in [2.45, 2.75) is 59.8 Å². The molecule has 0 fully saturated rings. The zero-order chi connectivity index (χ0) is 13.8. The minimum absolute atomic E-state index is 0.704. The summed E-state index contributed by atoms with van der Waals surface area (Å²) in [4.78, 5) is 0. The lowest BCUT2D eigenvalue weighted by Gasteiger charge is -2.07. The van der Waals surface area contributed by atoms with Crippen molar-refractivity contribution in [1.29, 1.82) is 0 Å². The van der Waals surface area contributed by atoms with Crippen molar-refractivity contribution in [2.24, 2.45) is 0 Å². The monoisotopic (exact) mass is 249 g/mol. The van der Waals surface area contributed by atoms with Crippen molar-refractivity contribution < 1.29 is 0 Å². The quantitative estimate of drug-likeness (QED) is 0.707. The summed E-state index contributed by atoms with van der Waals surface area (Å²) in [5, 5.41) is 3.28. The van der Waals surface area contributed by atoms with E-state index in [2.05, 4.69) is 64.2 Å². The predicted octanol–water partition coefficient (Wildman–Crippen LogP) is 4.90. The molecule has 0 aromatic heterocycles. The fraction of sp³-hybridized carbons (Fsp3) is 0.647. The van der Waals surface area contributed by atoms with Gasteiger partial charge in [0.25, 0.3) is 0 Å². The zero-order valence-corrected chi connectivity index (χ0v) is 12.9. The van der Waals surface area contributed by atoms with Crippen molar-refractivity contribution in [3.05, 3.63) is 35.4 Å². The van der Waals surface area contributed by atoms with Crippen molar-refractivity contribution in [1.82, 2.24) is 5.32 Å². The molecule has 1 N–H and O–H groups in total. The van der Waals surface area contributed by atoms with Crippen molar-refractivity contribution in [2.75, 3.05) is 13.1 Å². The average Bonchev–Trinajstić information content (AvgIpc) is 2.40. The third-order valence-electron chi connectivity index (χ3n) is 3.11. The van der Waals surface area contributed by atoms with E-state index in [-0.39, 0.29) is 0 Å². The van der Waals surface area contributed by atoms with E-state index in [0.717, 1.165) is 0 Å².